The van der Waals surface area contributed by atoms with E-state index in [0.717, 1.165) is 38.6 Å². The average molecular weight is 480 g/mol. The second kappa shape index (κ2) is 10.6. The molecule has 4 rings (SSSR count). The first-order valence-electron chi connectivity index (χ1n) is 10.4. The number of hydrogen-bond acceptors (Lipinski definition) is 8. The molecule has 4 aromatic rings. The number of benzene rings is 2. The predicted molar refractivity (Wildman–Crippen MR) is 137 cm³/mol. The Morgan fingerprint density at radius 2 is 2.03 bits per heavy atom. The van der Waals surface area contributed by atoms with Gasteiger partial charge in [0.1, 0.15) is 17.9 Å². The molecule has 0 saturated heterocycles. The number of nitrogens with zero attached hydrogens (tertiary/aromatic N) is 3. The molecule has 1 amide bonds. The van der Waals surface area contributed by atoms with Crippen LogP contribution in [-0.4, -0.2) is 53.6 Å². The largest absolute Gasteiger partial charge is 0.496 e. The summed E-state index contributed by atoms with van der Waals surface area (Å²) < 4.78 is 6.77. The summed E-state index contributed by atoms with van der Waals surface area (Å²) in [5.41, 5.74) is 6.30. The number of carbonyl (C=O) groups excluding carboxylic acids is 1. The number of rotatable bonds is 9. The van der Waals surface area contributed by atoms with Crippen LogP contribution in [0, 0.1) is 0 Å². The summed E-state index contributed by atoms with van der Waals surface area (Å²) in [5, 5.41) is 6.11. The molecule has 7 nitrogen and oxygen atoms in total. The van der Waals surface area contributed by atoms with Gasteiger partial charge in [0.2, 0.25) is 0 Å². The summed E-state index contributed by atoms with van der Waals surface area (Å²) in [7, 11) is 3.25. The SMILES string of the molecule is CNC(=O)c1ccc(C(CNc2cc(-c3ccc4scnc4c3)ncn2)CSC)c(OC)c1. The van der Waals surface area contributed by atoms with Crippen molar-refractivity contribution in [2.24, 2.45) is 0 Å². The second-order valence-electron chi connectivity index (χ2n) is 7.39. The Morgan fingerprint density at radius 3 is 2.82 bits per heavy atom. The van der Waals surface area contributed by atoms with Crippen LogP contribution in [-0.2, 0) is 0 Å². The number of carbonyl (C=O) groups is 1. The van der Waals surface area contributed by atoms with E-state index in [0.29, 0.717) is 17.9 Å². The van der Waals surface area contributed by atoms with Gasteiger partial charge in [-0.25, -0.2) is 15.0 Å². The minimum absolute atomic E-state index is 0.135. The van der Waals surface area contributed by atoms with Crippen LogP contribution < -0.4 is 15.4 Å². The zero-order chi connectivity index (χ0) is 23.2. The van der Waals surface area contributed by atoms with E-state index in [4.69, 9.17) is 4.74 Å². The Bertz CT molecular complexity index is 1260. The van der Waals surface area contributed by atoms with Gasteiger partial charge in [-0.15, -0.1) is 11.3 Å². The number of thiazole rings is 1. The van der Waals surface area contributed by atoms with E-state index >= 15 is 0 Å². The number of fused-ring (bicyclic) bond motifs is 1. The summed E-state index contributed by atoms with van der Waals surface area (Å²) >= 11 is 3.39. The van der Waals surface area contributed by atoms with Crippen molar-refractivity contribution in [3.8, 4) is 17.0 Å². The van der Waals surface area contributed by atoms with Gasteiger partial charge in [0.15, 0.2) is 0 Å². The number of hydrogen-bond donors (Lipinski definition) is 2. The highest BCUT2D eigenvalue weighted by Gasteiger charge is 2.18. The lowest BCUT2D eigenvalue weighted by molar-refractivity contribution is 0.0962. The monoisotopic (exact) mass is 479 g/mol. The van der Waals surface area contributed by atoms with Crippen molar-refractivity contribution in [3.63, 3.8) is 0 Å². The van der Waals surface area contributed by atoms with Gasteiger partial charge < -0.3 is 15.4 Å². The van der Waals surface area contributed by atoms with Crippen molar-refractivity contribution in [3.05, 3.63) is 65.4 Å². The highest BCUT2D eigenvalue weighted by atomic mass is 32.2. The molecule has 0 spiro atoms. The maximum Gasteiger partial charge on any atom is 0.251 e. The first kappa shape index (κ1) is 23.0. The Morgan fingerprint density at radius 1 is 1.15 bits per heavy atom. The minimum Gasteiger partial charge on any atom is -0.496 e. The van der Waals surface area contributed by atoms with Crippen LogP contribution in [0.15, 0.2) is 54.3 Å². The lowest BCUT2D eigenvalue weighted by atomic mass is 9.98. The van der Waals surface area contributed by atoms with Crippen LogP contribution in [0.5, 0.6) is 5.75 Å². The third-order valence-corrected chi connectivity index (χ3v) is 6.90. The fraction of sp³-hybridized carbons (Fsp3) is 0.250. The number of ether oxygens (including phenoxy) is 1. The van der Waals surface area contributed by atoms with E-state index in [9.17, 15) is 4.79 Å². The zero-order valence-electron chi connectivity index (χ0n) is 18.7. The Balaban J connectivity index is 1.54. The molecule has 0 fully saturated rings. The maximum atomic E-state index is 12.0. The molecule has 0 aliphatic heterocycles. The summed E-state index contributed by atoms with van der Waals surface area (Å²) in [6, 6.07) is 13.7. The Labute approximate surface area is 201 Å². The number of nitrogens with one attached hydrogen (secondary N) is 2. The second-order valence-corrected chi connectivity index (χ2v) is 9.19. The first-order valence-corrected chi connectivity index (χ1v) is 12.7. The van der Waals surface area contributed by atoms with Crippen molar-refractivity contribution < 1.29 is 9.53 Å². The Hall–Kier alpha value is -3.17. The van der Waals surface area contributed by atoms with E-state index in [2.05, 4.69) is 44.0 Å². The zero-order valence-corrected chi connectivity index (χ0v) is 20.3. The topological polar surface area (TPSA) is 89.0 Å². The molecule has 9 heteroatoms. The van der Waals surface area contributed by atoms with E-state index in [1.54, 1.807) is 49.6 Å². The van der Waals surface area contributed by atoms with Gasteiger partial charge >= 0.3 is 0 Å². The van der Waals surface area contributed by atoms with Gasteiger partial charge in [-0.2, -0.15) is 11.8 Å². The van der Waals surface area contributed by atoms with E-state index in [-0.39, 0.29) is 11.8 Å². The van der Waals surface area contributed by atoms with E-state index in [1.807, 2.05) is 29.8 Å². The average Bonchev–Trinajstić information content (AvgIpc) is 3.34. The molecule has 1 unspecified atom stereocenters. The third-order valence-electron chi connectivity index (χ3n) is 5.35. The number of aromatic nitrogens is 3. The van der Waals surface area contributed by atoms with E-state index < -0.39 is 0 Å². The molecular weight excluding hydrogens is 454 g/mol. The van der Waals surface area contributed by atoms with Gasteiger partial charge in [0.05, 0.1) is 28.5 Å². The maximum absolute atomic E-state index is 12.0. The Kier molecular flexibility index (Phi) is 7.41. The summed E-state index contributed by atoms with van der Waals surface area (Å²) in [5.74, 6) is 2.38. The number of methoxy groups -OCH3 is 1. The molecule has 33 heavy (non-hydrogen) atoms. The van der Waals surface area contributed by atoms with Crippen LogP contribution >= 0.6 is 23.1 Å². The quantitative estimate of drug-likeness (QED) is 0.360. The first-order chi connectivity index (χ1) is 16.1. The van der Waals surface area contributed by atoms with Crippen molar-refractivity contribution in [1.29, 1.82) is 0 Å². The third kappa shape index (κ3) is 5.26. The van der Waals surface area contributed by atoms with Gasteiger partial charge in [-0.05, 0) is 36.1 Å². The lowest BCUT2D eigenvalue weighted by Crippen LogP contribution is -2.19. The molecule has 2 aromatic heterocycles. The molecule has 0 aliphatic rings. The molecule has 2 N–H and O–H groups in total. The van der Waals surface area contributed by atoms with Gasteiger partial charge in [0, 0.05) is 42.5 Å². The molecular formula is C24H25N5O2S2. The van der Waals surface area contributed by atoms with Crippen molar-refractivity contribution in [2.75, 3.05) is 38.0 Å². The number of thioether (sulfide) groups is 1. The molecule has 1 atom stereocenters. The van der Waals surface area contributed by atoms with Crippen LogP contribution in [0.25, 0.3) is 21.5 Å². The molecule has 2 heterocycles. The normalized spacial score (nSPS) is 11.8. The molecule has 0 saturated carbocycles. The van der Waals surface area contributed by atoms with Crippen molar-refractivity contribution >= 4 is 45.0 Å². The number of amides is 1. The predicted octanol–water partition coefficient (Wildman–Crippen LogP) is 4.68. The van der Waals surface area contributed by atoms with E-state index in [1.165, 1.54) is 0 Å². The van der Waals surface area contributed by atoms with Gasteiger partial charge in [0.25, 0.3) is 5.91 Å². The molecule has 170 valence electrons. The number of anilines is 1. The van der Waals surface area contributed by atoms with Crippen LogP contribution in [0.3, 0.4) is 0 Å². The lowest BCUT2D eigenvalue weighted by Gasteiger charge is -2.20. The fourth-order valence-corrected chi connectivity index (χ4v) is 5.01. The van der Waals surface area contributed by atoms with Crippen LogP contribution in [0.1, 0.15) is 21.8 Å². The van der Waals surface area contributed by atoms with Gasteiger partial charge in [-0.3, -0.25) is 4.79 Å². The van der Waals surface area contributed by atoms with Crippen LogP contribution in [0.4, 0.5) is 5.82 Å². The van der Waals surface area contributed by atoms with Crippen molar-refractivity contribution in [2.45, 2.75) is 5.92 Å². The standard InChI is InChI=1S/C24H25N5O2S2/c1-25-24(30)16-4-6-18(21(9-16)31-2)17(12-32-3)11-26-23-10-19(27-13-28-23)15-5-7-22-20(8-15)29-14-33-22/h4-10,13-14,17H,11-12H2,1-3H3,(H,25,30)(H,26,27,28). The fourth-order valence-electron chi connectivity index (χ4n) is 3.65. The van der Waals surface area contributed by atoms with Crippen molar-refractivity contribution in [1.82, 2.24) is 20.3 Å². The molecule has 0 radical (unpaired) electrons. The van der Waals surface area contributed by atoms with Gasteiger partial charge in [-0.1, -0.05) is 12.1 Å². The smallest absolute Gasteiger partial charge is 0.251 e. The summed E-state index contributed by atoms with van der Waals surface area (Å²) in [4.78, 5) is 25.3. The highest BCUT2D eigenvalue weighted by molar-refractivity contribution is 7.98. The summed E-state index contributed by atoms with van der Waals surface area (Å²) in [6.45, 7) is 0.665. The highest BCUT2D eigenvalue weighted by Crippen LogP contribution is 2.31. The molecule has 0 aliphatic carbocycles. The molecule has 0 bridgehead atoms. The molecule has 2 aromatic carbocycles. The minimum atomic E-state index is -0.135. The summed E-state index contributed by atoms with van der Waals surface area (Å²) in [6.07, 6.45) is 3.65. The van der Waals surface area contributed by atoms with Crippen LogP contribution in [0.2, 0.25) is 0 Å².